The fraction of sp³-hybridized carbons (Fsp3) is 0.214. The van der Waals surface area contributed by atoms with Crippen LogP contribution >= 0.6 is 11.3 Å². The summed E-state index contributed by atoms with van der Waals surface area (Å²) < 4.78 is 2.26. The number of amides is 1. The van der Waals surface area contributed by atoms with Gasteiger partial charge in [-0.15, -0.1) is 17.9 Å². The molecular formula is C28H27N3OS. The molecule has 166 valence electrons. The molecule has 0 unspecified atom stereocenters. The molecule has 0 spiro atoms. The Morgan fingerprint density at radius 3 is 2.70 bits per heavy atom. The molecule has 1 aliphatic carbocycles. The zero-order valence-corrected chi connectivity index (χ0v) is 19.6. The molecule has 0 fully saturated rings. The molecule has 1 amide bonds. The molecule has 0 saturated heterocycles. The summed E-state index contributed by atoms with van der Waals surface area (Å²) in [7, 11) is 0. The minimum atomic E-state index is -0.0708. The molecule has 0 radical (unpaired) electrons. The van der Waals surface area contributed by atoms with Gasteiger partial charge in [-0.2, -0.15) is 0 Å². The van der Waals surface area contributed by atoms with E-state index in [4.69, 9.17) is 4.99 Å². The number of hydrogen-bond acceptors (Lipinski definition) is 3. The summed E-state index contributed by atoms with van der Waals surface area (Å²) in [5.41, 5.74) is 6.13. The van der Waals surface area contributed by atoms with E-state index in [1.165, 1.54) is 22.4 Å². The van der Waals surface area contributed by atoms with E-state index in [0.717, 1.165) is 58.7 Å². The number of carbonyl (C=O) groups is 1. The molecule has 2 aromatic heterocycles. The molecule has 2 heterocycles. The fourth-order valence-electron chi connectivity index (χ4n) is 4.70. The van der Waals surface area contributed by atoms with Gasteiger partial charge in [-0.05, 0) is 56.4 Å². The van der Waals surface area contributed by atoms with Gasteiger partial charge in [0.25, 0.3) is 5.91 Å². The van der Waals surface area contributed by atoms with Gasteiger partial charge in [0.15, 0.2) is 0 Å². The van der Waals surface area contributed by atoms with Crippen LogP contribution < -0.4 is 5.32 Å². The number of hydrogen-bond donors (Lipinski definition) is 1. The average Bonchev–Trinajstić information content (AvgIpc) is 3.34. The van der Waals surface area contributed by atoms with E-state index in [-0.39, 0.29) is 5.91 Å². The lowest BCUT2D eigenvalue weighted by Crippen LogP contribution is -2.14. The summed E-state index contributed by atoms with van der Waals surface area (Å²) in [5.74, 6) is -0.0708. The molecule has 5 rings (SSSR count). The molecular weight excluding hydrogens is 426 g/mol. The van der Waals surface area contributed by atoms with Gasteiger partial charge in [0.1, 0.15) is 5.00 Å². The number of thiophene rings is 1. The first kappa shape index (κ1) is 21.4. The summed E-state index contributed by atoms with van der Waals surface area (Å²) >= 11 is 1.67. The molecule has 5 heteroatoms. The van der Waals surface area contributed by atoms with Crippen molar-refractivity contribution in [2.24, 2.45) is 4.99 Å². The van der Waals surface area contributed by atoms with E-state index in [1.54, 1.807) is 11.3 Å². The minimum Gasteiger partial charge on any atom is -0.340 e. The lowest BCUT2D eigenvalue weighted by atomic mass is 9.95. The molecule has 4 nitrogen and oxygen atoms in total. The highest BCUT2D eigenvalue weighted by atomic mass is 32.1. The van der Waals surface area contributed by atoms with E-state index in [0.29, 0.717) is 0 Å². The third kappa shape index (κ3) is 4.05. The molecule has 0 bridgehead atoms. The van der Waals surface area contributed by atoms with Crippen molar-refractivity contribution in [2.75, 3.05) is 5.32 Å². The topological polar surface area (TPSA) is 46.4 Å². The zero-order valence-electron chi connectivity index (χ0n) is 18.8. The standard InChI is InChI=1S/C28H27N3OS/c1-3-17-31-19(2)23(21-13-7-9-15-24(21)31)18-29-28-26(22-14-8-10-16-25(22)33-28)27(32)30-20-11-5-4-6-12-20/h3-7,9,11-13,15,18H,1,8,10,14,16-17H2,2H3,(H,30,32)/b29-18+. The number of anilines is 1. The summed E-state index contributed by atoms with van der Waals surface area (Å²) in [6.07, 6.45) is 8.11. The van der Waals surface area contributed by atoms with Crippen molar-refractivity contribution in [3.05, 3.63) is 94.5 Å². The van der Waals surface area contributed by atoms with Crippen molar-refractivity contribution in [3.63, 3.8) is 0 Å². The Hall–Kier alpha value is -3.44. The summed E-state index contributed by atoms with van der Waals surface area (Å²) in [4.78, 5) is 19.6. The highest BCUT2D eigenvalue weighted by molar-refractivity contribution is 7.16. The first-order valence-corrected chi connectivity index (χ1v) is 12.2. The van der Waals surface area contributed by atoms with Crippen LogP contribution in [0.25, 0.3) is 10.9 Å². The Morgan fingerprint density at radius 1 is 1.12 bits per heavy atom. The average molecular weight is 454 g/mol. The van der Waals surface area contributed by atoms with Crippen LogP contribution in [-0.4, -0.2) is 16.7 Å². The van der Waals surface area contributed by atoms with Crippen molar-refractivity contribution in [2.45, 2.75) is 39.2 Å². The molecule has 1 aliphatic rings. The number of benzene rings is 2. The second-order valence-electron chi connectivity index (χ2n) is 8.38. The molecule has 4 aromatic rings. The van der Waals surface area contributed by atoms with E-state index >= 15 is 0 Å². The number of nitrogens with one attached hydrogen (secondary N) is 1. The predicted octanol–water partition coefficient (Wildman–Crippen LogP) is 7.08. The fourth-order valence-corrected chi connectivity index (χ4v) is 5.93. The van der Waals surface area contributed by atoms with E-state index in [1.807, 2.05) is 42.6 Å². The smallest absolute Gasteiger partial charge is 0.259 e. The quantitative estimate of drug-likeness (QED) is 0.246. The van der Waals surface area contributed by atoms with Crippen molar-refractivity contribution in [3.8, 4) is 0 Å². The number of aromatic nitrogens is 1. The second kappa shape index (κ2) is 9.20. The maximum Gasteiger partial charge on any atom is 0.259 e. The molecule has 33 heavy (non-hydrogen) atoms. The second-order valence-corrected chi connectivity index (χ2v) is 9.47. The number of aliphatic imine (C=N–C) groups is 1. The Bertz CT molecular complexity index is 1360. The number of allylic oxidation sites excluding steroid dienone is 1. The van der Waals surface area contributed by atoms with Gasteiger partial charge in [0.05, 0.1) is 5.56 Å². The lowest BCUT2D eigenvalue weighted by molar-refractivity contribution is 0.102. The van der Waals surface area contributed by atoms with Gasteiger partial charge >= 0.3 is 0 Å². The number of nitrogens with zero attached hydrogens (tertiary/aromatic N) is 2. The van der Waals surface area contributed by atoms with Crippen LogP contribution in [-0.2, 0) is 19.4 Å². The van der Waals surface area contributed by atoms with Crippen LogP contribution in [0.4, 0.5) is 10.7 Å². The van der Waals surface area contributed by atoms with E-state index < -0.39 is 0 Å². The highest BCUT2D eigenvalue weighted by Gasteiger charge is 2.25. The monoisotopic (exact) mass is 453 g/mol. The number of aryl methyl sites for hydroxylation is 1. The summed E-state index contributed by atoms with van der Waals surface area (Å²) in [5, 5.41) is 5.04. The van der Waals surface area contributed by atoms with Crippen LogP contribution in [0, 0.1) is 6.92 Å². The third-order valence-corrected chi connectivity index (χ3v) is 7.51. The lowest BCUT2D eigenvalue weighted by Gasteiger charge is -2.12. The zero-order chi connectivity index (χ0) is 22.8. The first-order chi connectivity index (χ1) is 16.2. The van der Waals surface area contributed by atoms with Crippen molar-refractivity contribution in [1.82, 2.24) is 4.57 Å². The number of carbonyl (C=O) groups excluding carboxylic acids is 1. The number of fused-ring (bicyclic) bond motifs is 2. The van der Waals surface area contributed by atoms with Crippen LogP contribution in [0.2, 0.25) is 0 Å². The number of para-hydroxylation sites is 2. The maximum absolute atomic E-state index is 13.4. The van der Waals surface area contributed by atoms with E-state index in [2.05, 4.69) is 47.7 Å². The van der Waals surface area contributed by atoms with Gasteiger partial charge < -0.3 is 9.88 Å². The van der Waals surface area contributed by atoms with Crippen LogP contribution in [0.5, 0.6) is 0 Å². The first-order valence-electron chi connectivity index (χ1n) is 11.4. The van der Waals surface area contributed by atoms with Crippen molar-refractivity contribution < 1.29 is 4.79 Å². The van der Waals surface area contributed by atoms with Gasteiger partial charge in [-0.1, -0.05) is 42.5 Å². The Labute approximate surface area is 198 Å². The van der Waals surface area contributed by atoms with Crippen molar-refractivity contribution >= 4 is 45.0 Å². The maximum atomic E-state index is 13.4. The Balaban J connectivity index is 1.57. The van der Waals surface area contributed by atoms with Gasteiger partial charge in [0.2, 0.25) is 0 Å². The number of rotatable bonds is 6. The van der Waals surface area contributed by atoms with Gasteiger partial charge in [-0.25, -0.2) is 4.99 Å². The molecule has 2 aromatic carbocycles. The Morgan fingerprint density at radius 2 is 1.88 bits per heavy atom. The molecule has 0 atom stereocenters. The summed E-state index contributed by atoms with van der Waals surface area (Å²) in [6, 6.07) is 18.0. The highest BCUT2D eigenvalue weighted by Crippen LogP contribution is 2.40. The third-order valence-electron chi connectivity index (χ3n) is 6.31. The largest absolute Gasteiger partial charge is 0.340 e. The van der Waals surface area contributed by atoms with Gasteiger partial charge in [0, 0.05) is 45.5 Å². The Kier molecular flexibility index (Phi) is 5.97. The molecule has 0 saturated carbocycles. The SMILES string of the molecule is C=CCn1c(C)c(/C=N/c2sc3c(c2C(=O)Nc2ccccc2)CCCC3)c2ccccc21. The van der Waals surface area contributed by atoms with Gasteiger partial charge in [-0.3, -0.25) is 4.79 Å². The minimum absolute atomic E-state index is 0.0708. The molecule has 1 N–H and O–H groups in total. The summed E-state index contributed by atoms with van der Waals surface area (Å²) in [6.45, 7) is 6.78. The predicted molar refractivity (Wildman–Crippen MR) is 139 cm³/mol. The van der Waals surface area contributed by atoms with Crippen LogP contribution in [0.3, 0.4) is 0 Å². The van der Waals surface area contributed by atoms with Crippen molar-refractivity contribution in [1.29, 1.82) is 0 Å². The van der Waals surface area contributed by atoms with Crippen LogP contribution in [0.1, 0.15) is 44.9 Å². The molecule has 0 aliphatic heterocycles. The van der Waals surface area contributed by atoms with E-state index in [9.17, 15) is 4.79 Å². The normalized spacial score (nSPS) is 13.4. The van der Waals surface area contributed by atoms with Crippen LogP contribution in [0.15, 0.2) is 72.2 Å².